The summed E-state index contributed by atoms with van der Waals surface area (Å²) in [7, 11) is 2.02. The van der Waals surface area contributed by atoms with Gasteiger partial charge in [0.1, 0.15) is 6.29 Å². The number of hydrogen-bond acceptors (Lipinski definition) is 4. The second kappa shape index (κ2) is 10.2. The lowest BCUT2D eigenvalue weighted by Crippen LogP contribution is -2.19. The van der Waals surface area contributed by atoms with Crippen molar-refractivity contribution in [1.82, 2.24) is 0 Å². The van der Waals surface area contributed by atoms with E-state index < -0.39 is 0 Å². The third kappa shape index (κ3) is 6.20. The van der Waals surface area contributed by atoms with Crippen molar-refractivity contribution >= 4 is 30.1 Å². The summed E-state index contributed by atoms with van der Waals surface area (Å²) in [5.41, 5.74) is 3.95. The maximum Gasteiger partial charge on any atom is 0.305 e. The van der Waals surface area contributed by atoms with Gasteiger partial charge in [-0.2, -0.15) is 0 Å². The van der Waals surface area contributed by atoms with Gasteiger partial charge in [0.2, 0.25) is 0 Å². The molecule has 0 aliphatic carbocycles. The standard InChI is InChI=1S/C22H25NO3/c1-3-26-22(25)5-4-16-23(2)21-14-12-19(13-15-21)7-6-18-8-10-20(17-24)11-9-18/h6-15,17H,3-5,16H2,1-2H3/b7-6+. The van der Waals surface area contributed by atoms with E-state index in [0.717, 1.165) is 36.1 Å². The number of anilines is 1. The highest BCUT2D eigenvalue weighted by molar-refractivity contribution is 5.77. The van der Waals surface area contributed by atoms with Crippen LogP contribution in [0.25, 0.3) is 12.2 Å². The number of benzene rings is 2. The van der Waals surface area contributed by atoms with E-state index in [1.54, 1.807) is 12.1 Å². The predicted molar refractivity (Wildman–Crippen MR) is 106 cm³/mol. The lowest BCUT2D eigenvalue weighted by Gasteiger charge is -2.19. The van der Waals surface area contributed by atoms with Crippen LogP contribution < -0.4 is 4.90 Å². The smallest absolute Gasteiger partial charge is 0.305 e. The molecule has 0 fully saturated rings. The Bertz CT molecular complexity index is 733. The second-order valence-electron chi connectivity index (χ2n) is 6.04. The molecular formula is C22H25NO3. The topological polar surface area (TPSA) is 46.6 Å². The first-order chi connectivity index (χ1) is 12.6. The molecule has 2 rings (SSSR count). The van der Waals surface area contributed by atoms with Crippen molar-refractivity contribution in [1.29, 1.82) is 0 Å². The zero-order valence-corrected chi connectivity index (χ0v) is 15.4. The summed E-state index contributed by atoms with van der Waals surface area (Å²) >= 11 is 0. The van der Waals surface area contributed by atoms with Crippen molar-refractivity contribution in [2.45, 2.75) is 19.8 Å². The fourth-order valence-electron chi connectivity index (χ4n) is 2.54. The molecule has 0 aliphatic rings. The summed E-state index contributed by atoms with van der Waals surface area (Å²) in [4.78, 5) is 24.2. The Morgan fingerprint density at radius 3 is 2.04 bits per heavy atom. The number of aldehydes is 1. The third-order valence-corrected chi connectivity index (χ3v) is 4.05. The van der Waals surface area contributed by atoms with Gasteiger partial charge >= 0.3 is 5.97 Å². The zero-order valence-electron chi connectivity index (χ0n) is 15.4. The van der Waals surface area contributed by atoms with E-state index in [4.69, 9.17) is 4.74 Å². The molecule has 4 nitrogen and oxygen atoms in total. The monoisotopic (exact) mass is 351 g/mol. The summed E-state index contributed by atoms with van der Waals surface area (Å²) in [5.74, 6) is -0.137. The Morgan fingerprint density at radius 1 is 0.962 bits per heavy atom. The first-order valence-electron chi connectivity index (χ1n) is 8.82. The summed E-state index contributed by atoms with van der Waals surface area (Å²) < 4.78 is 4.94. The van der Waals surface area contributed by atoms with Gasteiger partial charge in [0.25, 0.3) is 0 Å². The minimum absolute atomic E-state index is 0.137. The van der Waals surface area contributed by atoms with Gasteiger partial charge in [-0.25, -0.2) is 0 Å². The van der Waals surface area contributed by atoms with Crippen LogP contribution in [0.3, 0.4) is 0 Å². The molecule has 26 heavy (non-hydrogen) atoms. The van der Waals surface area contributed by atoms with Crippen molar-refractivity contribution in [3.63, 3.8) is 0 Å². The number of carbonyl (C=O) groups excluding carboxylic acids is 2. The molecule has 0 radical (unpaired) electrons. The van der Waals surface area contributed by atoms with E-state index in [9.17, 15) is 9.59 Å². The molecule has 0 spiro atoms. The molecule has 136 valence electrons. The summed E-state index contributed by atoms with van der Waals surface area (Å²) in [6, 6.07) is 15.7. The van der Waals surface area contributed by atoms with E-state index in [0.29, 0.717) is 18.6 Å². The van der Waals surface area contributed by atoms with E-state index in [1.807, 2.05) is 38.3 Å². The molecule has 2 aromatic carbocycles. The molecule has 0 saturated heterocycles. The number of esters is 1. The number of carbonyl (C=O) groups is 2. The summed E-state index contributed by atoms with van der Waals surface area (Å²) in [6.45, 7) is 3.06. The van der Waals surface area contributed by atoms with Gasteiger partial charge < -0.3 is 9.64 Å². The first-order valence-corrected chi connectivity index (χ1v) is 8.82. The molecule has 0 saturated carbocycles. The Labute approximate surface area is 155 Å². The molecule has 0 amide bonds. The fourth-order valence-corrected chi connectivity index (χ4v) is 2.54. The lowest BCUT2D eigenvalue weighted by atomic mass is 10.1. The van der Waals surface area contributed by atoms with Gasteiger partial charge in [-0.1, -0.05) is 48.6 Å². The van der Waals surface area contributed by atoms with Gasteiger partial charge in [0, 0.05) is 31.3 Å². The number of ether oxygens (including phenoxy) is 1. The normalized spacial score (nSPS) is 10.7. The quantitative estimate of drug-likeness (QED) is 0.380. The van der Waals surface area contributed by atoms with Gasteiger partial charge in [0.05, 0.1) is 6.61 Å². The van der Waals surface area contributed by atoms with Gasteiger partial charge in [-0.05, 0) is 36.6 Å². The van der Waals surface area contributed by atoms with E-state index >= 15 is 0 Å². The molecule has 0 aliphatic heterocycles. The SMILES string of the molecule is CCOC(=O)CCCN(C)c1ccc(/C=C/c2ccc(C=O)cc2)cc1. The minimum Gasteiger partial charge on any atom is -0.466 e. The molecule has 0 N–H and O–H groups in total. The Balaban J connectivity index is 1.87. The van der Waals surface area contributed by atoms with Crippen molar-refractivity contribution < 1.29 is 14.3 Å². The number of hydrogen-bond donors (Lipinski definition) is 0. The van der Waals surface area contributed by atoms with Crippen LogP contribution in [0.4, 0.5) is 5.69 Å². The Morgan fingerprint density at radius 2 is 1.50 bits per heavy atom. The summed E-state index contributed by atoms with van der Waals surface area (Å²) in [5, 5.41) is 0. The van der Waals surface area contributed by atoms with Gasteiger partial charge in [-0.3, -0.25) is 9.59 Å². The molecule has 0 heterocycles. The van der Waals surface area contributed by atoms with Crippen LogP contribution in [0.15, 0.2) is 48.5 Å². The largest absolute Gasteiger partial charge is 0.466 e. The van der Waals surface area contributed by atoms with Crippen molar-refractivity contribution in [2.24, 2.45) is 0 Å². The average molecular weight is 351 g/mol. The number of nitrogens with zero attached hydrogens (tertiary/aromatic N) is 1. The fraction of sp³-hybridized carbons (Fsp3) is 0.273. The second-order valence-corrected chi connectivity index (χ2v) is 6.04. The van der Waals surface area contributed by atoms with Crippen molar-refractivity contribution in [3.05, 3.63) is 65.2 Å². The van der Waals surface area contributed by atoms with Gasteiger partial charge in [-0.15, -0.1) is 0 Å². The Kier molecular flexibility index (Phi) is 7.62. The van der Waals surface area contributed by atoms with Crippen LogP contribution in [0.1, 0.15) is 41.3 Å². The predicted octanol–water partition coefficient (Wildman–Crippen LogP) is 4.45. The van der Waals surface area contributed by atoms with E-state index in [-0.39, 0.29) is 5.97 Å². The maximum absolute atomic E-state index is 11.4. The highest BCUT2D eigenvalue weighted by Crippen LogP contribution is 2.16. The minimum atomic E-state index is -0.137. The molecule has 2 aromatic rings. The van der Waals surface area contributed by atoms with Crippen LogP contribution in [0.2, 0.25) is 0 Å². The third-order valence-electron chi connectivity index (χ3n) is 4.05. The average Bonchev–Trinajstić information content (AvgIpc) is 2.67. The maximum atomic E-state index is 11.4. The molecule has 0 bridgehead atoms. The molecule has 0 unspecified atom stereocenters. The van der Waals surface area contributed by atoms with Gasteiger partial charge in [0.15, 0.2) is 0 Å². The lowest BCUT2D eigenvalue weighted by molar-refractivity contribution is -0.143. The Hall–Kier alpha value is -2.88. The van der Waals surface area contributed by atoms with Crippen LogP contribution in [-0.4, -0.2) is 32.5 Å². The van der Waals surface area contributed by atoms with Crippen LogP contribution >= 0.6 is 0 Å². The molecular weight excluding hydrogens is 326 g/mol. The van der Waals surface area contributed by atoms with E-state index in [1.165, 1.54) is 0 Å². The van der Waals surface area contributed by atoms with Crippen molar-refractivity contribution in [3.8, 4) is 0 Å². The number of rotatable bonds is 9. The first kappa shape index (κ1) is 19.4. The van der Waals surface area contributed by atoms with Crippen LogP contribution in [0, 0.1) is 0 Å². The van der Waals surface area contributed by atoms with Crippen molar-refractivity contribution in [2.75, 3.05) is 25.1 Å². The van der Waals surface area contributed by atoms with Crippen LogP contribution in [0.5, 0.6) is 0 Å². The molecule has 4 heteroatoms. The van der Waals surface area contributed by atoms with E-state index in [2.05, 4.69) is 29.2 Å². The zero-order chi connectivity index (χ0) is 18.8. The van der Waals surface area contributed by atoms with Crippen LogP contribution in [-0.2, 0) is 9.53 Å². The molecule has 0 aromatic heterocycles. The highest BCUT2D eigenvalue weighted by atomic mass is 16.5. The molecule has 0 atom stereocenters. The highest BCUT2D eigenvalue weighted by Gasteiger charge is 2.04. The summed E-state index contributed by atoms with van der Waals surface area (Å²) in [6.07, 6.45) is 6.12.